The molecule has 0 fully saturated rings. The van der Waals surface area contributed by atoms with Crippen LogP contribution >= 0.6 is 11.3 Å². The van der Waals surface area contributed by atoms with Crippen molar-refractivity contribution in [1.82, 2.24) is 0 Å². The molecule has 0 bridgehead atoms. The fourth-order valence-electron chi connectivity index (χ4n) is 1.81. The van der Waals surface area contributed by atoms with Crippen molar-refractivity contribution < 1.29 is 4.79 Å². The number of carbonyl (C=O) groups excluding carboxylic acids is 1. The Hall–Kier alpha value is -1.81. The van der Waals surface area contributed by atoms with Crippen molar-refractivity contribution in [3.8, 4) is 0 Å². The van der Waals surface area contributed by atoms with Gasteiger partial charge in [0.25, 0.3) is 0 Å². The number of rotatable bonds is 6. The minimum atomic E-state index is 0.0232. The third-order valence-electron chi connectivity index (χ3n) is 3.11. The maximum Gasteiger partial charge on any atom is 0.229 e. The fourth-order valence-corrected chi connectivity index (χ4v) is 2.52. The lowest BCUT2D eigenvalue weighted by Gasteiger charge is -2.13. The summed E-state index contributed by atoms with van der Waals surface area (Å²) in [7, 11) is 0. The first-order valence-electron chi connectivity index (χ1n) is 6.86. The van der Waals surface area contributed by atoms with Crippen LogP contribution in [0.3, 0.4) is 0 Å². The molecule has 3 nitrogen and oxygen atoms in total. The van der Waals surface area contributed by atoms with Gasteiger partial charge in [-0.1, -0.05) is 13.0 Å². The smallest absolute Gasteiger partial charge is 0.229 e. The van der Waals surface area contributed by atoms with Gasteiger partial charge < -0.3 is 10.6 Å². The van der Waals surface area contributed by atoms with E-state index in [4.69, 9.17) is 0 Å². The molecule has 0 saturated carbocycles. The second-order valence-corrected chi connectivity index (χ2v) is 5.87. The predicted octanol–water partition coefficient (Wildman–Crippen LogP) is 4.14. The van der Waals surface area contributed by atoms with Gasteiger partial charge in [-0.05, 0) is 49.1 Å². The summed E-state index contributed by atoms with van der Waals surface area (Å²) < 4.78 is 0. The maximum atomic E-state index is 11.9. The molecule has 106 valence electrons. The lowest BCUT2D eigenvalue weighted by Crippen LogP contribution is -2.14. The van der Waals surface area contributed by atoms with Crippen molar-refractivity contribution in [2.75, 3.05) is 10.6 Å². The summed E-state index contributed by atoms with van der Waals surface area (Å²) in [6, 6.07) is 12.2. The third kappa shape index (κ3) is 4.38. The molecule has 2 aromatic rings. The van der Waals surface area contributed by atoms with Gasteiger partial charge in [0.15, 0.2) is 0 Å². The van der Waals surface area contributed by atoms with E-state index < -0.39 is 0 Å². The molecule has 0 aliphatic heterocycles. The molecule has 1 heterocycles. The minimum absolute atomic E-state index is 0.0232. The molecule has 0 saturated heterocycles. The van der Waals surface area contributed by atoms with E-state index in [1.54, 1.807) is 11.3 Å². The van der Waals surface area contributed by atoms with Crippen molar-refractivity contribution in [1.29, 1.82) is 0 Å². The van der Waals surface area contributed by atoms with Crippen LogP contribution in [0.2, 0.25) is 0 Å². The minimum Gasteiger partial charge on any atom is -0.383 e. The van der Waals surface area contributed by atoms with E-state index in [2.05, 4.69) is 24.5 Å². The number of anilines is 2. The summed E-state index contributed by atoms with van der Waals surface area (Å²) in [6.07, 6.45) is 1.52. The highest BCUT2D eigenvalue weighted by atomic mass is 32.1. The van der Waals surface area contributed by atoms with Crippen LogP contribution in [0.4, 0.5) is 11.4 Å². The Bertz CT molecular complexity index is 534. The molecular weight excluding hydrogens is 268 g/mol. The zero-order valence-corrected chi connectivity index (χ0v) is 12.7. The van der Waals surface area contributed by atoms with Gasteiger partial charge >= 0.3 is 0 Å². The lowest BCUT2D eigenvalue weighted by atomic mass is 10.2. The van der Waals surface area contributed by atoms with Gasteiger partial charge in [0.05, 0.1) is 6.42 Å². The highest BCUT2D eigenvalue weighted by Crippen LogP contribution is 2.16. The molecule has 2 rings (SSSR count). The molecule has 0 radical (unpaired) electrons. The van der Waals surface area contributed by atoms with E-state index in [0.717, 1.165) is 22.7 Å². The number of thiophene rings is 1. The Morgan fingerprint density at radius 2 is 1.90 bits per heavy atom. The van der Waals surface area contributed by atoms with E-state index in [0.29, 0.717) is 12.5 Å². The average molecular weight is 288 g/mol. The first-order chi connectivity index (χ1) is 9.67. The van der Waals surface area contributed by atoms with Gasteiger partial charge in [0.2, 0.25) is 5.91 Å². The number of hydrogen-bond donors (Lipinski definition) is 2. The van der Waals surface area contributed by atoms with Crippen LogP contribution in [0.5, 0.6) is 0 Å². The molecule has 0 spiro atoms. The Morgan fingerprint density at radius 3 is 2.50 bits per heavy atom. The Balaban J connectivity index is 1.88. The van der Waals surface area contributed by atoms with Gasteiger partial charge in [-0.3, -0.25) is 4.79 Å². The van der Waals surface area contributed by atoms with Gasteiger partial charge in [-0.25, -0.2) is 0 Å². The van der Waals surface area contributed by atoms with E-state index in [1.165, 1.54) is 0 Å². The van der Waals surface area contributed by atoms with Gasteiger partial charge in [0.1, 0.15) is 0 Å². The standard InChI is InChI=1S/C16H20N2OS/c1-3-12(2)17-13-6-8-14(9-7-13)18-16(19)11-15-5-4-10-20-15/h4-10,12,17H,3,11H2,1-2H3,(H,18,19). The molecule has 0 aliphatic carbocycles. The summed E-state index contributed by atoms with van der Waals surface area (Å²) in [5.41, 5.74) is 1.91. The molecule has 4 heteroatoms. The second-order valence-electron chi connectivity index (χ2n) is 4.84. The second kappa shape index (κ2) is 7.10. The predicted molar refractivity (Wildman–Crippen MR) is 86.5 cm³/mol. The topological polar surface area (TPSA) is 41.1 Å². The molecule has 1 aromatic heterocycles. The number of nitrogens with one attached hydrogen (secondary N) is 2. The van der Waals surface area contributed by atoms with Crippen molar-refractivity contribution in [2.45, 2.75) is 32.7 Å². The van der Waals surface area contributed by atoms with E-state index in [1.807, 2.05) is 41.8 Å². The van der Waals surface area contributed by atoms with Crippen LogP contribution in [0.15, 0.2) is 41.8 Å². The quantitative estimate of drug-likeness (QED) is 0.838. The van der Waals surface area contributed by atoms with Crippen LogP contribution in [0.25, 0.3) is 0 Å². The Kier molecular flexibility index (Phi) is 5.18. The van der Waals surface area contributed by atoms with Gasteiger partial charge in [-0.2, -0.15) is 0 Å². The molecular formula is C16H20N2OS. The first kappa shape index (κ1) is 14.6. The molecule has 1 aromatic carbocycles. The molecule has 1 unspecified atom stereocenters. The fraction of sp³-hybridized carbons (Fsp3) is 0.312. The van der Waals surface area contributed by atoms with Crippen LogP contribution in [-0.2, 0) is 11.2 Å². The molecule has 20 heavy (non-hydrogen) atoms. The van der Waals surface area contributed by atoms with Crippen molar-refractivity contribution in [2.24, 2.45) is 0 Å². The maximum absolute atomic E-state index is 11.9. The molecule has 1 amide bonds. The van der Waals surface area contributed by atoms with Crippen LogP contribution in [0.1, 0.15) is 25.1 Å². The summed E-state index contributed by atoms with van der Waals surface area (Å²) in [5.74, 6) is 0.0232. The average Bonchev–Trinajstić information content (AvgIpc) is 2.93. The van der Waals surface area contributed by atoms with Crippen molar-refractivity contribution >= 4 is 28.6 Å². The van der Waals surface area contributed by atoms with Gasteiger partial charge in [0, 0.05) is 22.3 Å². The van der Waals surface area contributed by atoms with Crippen LogP contribution in [0, 0.1) is 0 Å². The Morgan fingerprint density at radius 1 is 1.20 bits per heavy atom. The Labute approximate surface area is 124 Å². The van der Waals surface area contributed by atoms with E-state index in [9.17, 15) is 4.79 Å². The molecule has 2 N–H and O–H groups in total. The third-order valence-corrected chi connectivity index (χ3v) is 3.99. The summed E-state index contributed by atoms with van der Waals surface area (Å²) in [4.78, 5) is 12.9. The largest absolute Gasteiger partial charge is 0.383 e. The highest BCUT2D eigenvalue weighted by molar-refractivity contribution is 7.10. The zero-order chi connectivity index (χ0) is 14.4. The highest BCUT2D eigenvalue weighted by Gasteiger charge is 2.05. The summed E-state index contributed by atoms with van der Waals surface area (Å²) in [6.45, 7) is 4.30. The number of carbonyl (C=O) groups is 1. The zero-order valence-electron chi connectivity index (χ0n) is 11.8. The van der Waals surface area contributed by atoms with Crippen molar-refractivity contribution in [3.05, 3.63) is 46.7 Å². The van der Waals surface area contributed by atoms with E-state index in [-0.39, 0.29) is 5.91 Å². The van der Waals surface area contributed by atoms with E-state index >= 15 is 0 Å². The molecule has 0 aliphatic rings. The lowest BCUT2D eigenvalue weighted by molar-refractivity contribution is -0.115. The van der Waals surface area contributed by atoms with Crippen LogP contribution < -0.4 is 10.6 Å². The molecule has 1 atom stereocenters. The monoisotopic (exact) mass is 288 g/mol. The number of benzene rings is 1. The first-order valence-corrected chi connectivity index (χ1v) is 7.74. The number of hydrogen-bond acceptors (Lipinski definition) is 3. The summed E-state index contributed by atoms with van der Waals surface area (Å²) in [5, 5.41) is 8.30. The summed E-state index contributed by atoms with van der Waals surface area (Å²) >= 11 is 1.60. The van der Waals surface area contributed by atoms with Crippen LogP contribution in [-0.4, -0.2) is 11.9 Å². The SMILES string of the molecule is CCC(C)Nc1ccc(NC(=O)Cc2cccs2)cc1. The van der Waals surface area contributed by atoms with Crippen molar-refractivity contribution in [3.63, 3.8) is 0 Å². The normalized spacial score (nSPS) is 11.9. The van der Waals surface area contributed by atoms with Gasteiger partial charge in [-0.15, -0.1) is 11.3 Å². The number of amides is 1.